The standard InChI is InChI=1S/C20H24ClNO2/c21-13-19(23)11-12-20(24)16-22(14-17-7-3-1-4-8-17)15-18-9-5-2-6-10-18/h1-10,20,24H,11-16H2. The van der Waals surface area contributed by atoms with Crippen LogP contribution >= 0.6 is 11.6 Å². The van der Waals surface area contributed by atoms with Gasteiger partial charge in [0.05, 0.1) is 12.0 Å². The number of carbonyl (C=O) groups is 1. The number of ketones is 1. The Balaban J connectivity index is 1.97. The average Bonchev–Trinajstić information content (AvgIpc) is 2.61. The molecule has 24 heavy (non-hydrogen) atoms. The van der Waals surface area contributed by atoms with E-state index < -0.39 is 6.10 Å². The van der Waals surface area contributed by atoms with Crippen LogP contribution in [0.1, 0.15) is 24.0 Å². The number of aliphatic hydroxyl groups is 1. The number of aliphatic hydroxyl groups excluding tert-OH is 1. The lowest BCUT2D eigenvalue weighted by atomic mass is 10.1. The van der Waals surface area contributed by atoms with Crippen LogP contribution in [0.2, 0.25) is 0 Å². The number of benzene rings is 2. The molecule has 0 fully saturated rings. The molecule has 2 aromatic carbocycles. The molecule has 2 rings (SSSR count). The molecule has 0 heterocycles. The minimum atomic E-state index is -0.537. The van der Waals surface area contributed by atoms with Gasteiger partial charge in [-0.3, -0.25) is 9.69 Å². The first kappa shape index (κ1) is 18.7. The number of alkyl halides is 1. The first-order chi connectivity index (χ1) is 11.7. The Morgan fingerprint density at radius 1 is 0.958 bits per heavy atom. The highest BCUT2D eigenvalue weighted by molar-refractivity contribution is 6.27. The van der Waals surface area contributed by atoms with Gasteiger partial charge in [0.25, 0.3) is 0 Å². The third-order valence-electron chi connectivity index (χ3n) is 3.87. The number of nitrogens with zero attached hydrogens (tertiary/aromatic N) is 1. The van der Waals surface area contributed by atoms with Crippen LogP contribution in [0, 0.1) is 0 Å². The fraction of sp³-hybridized carbons (Fsp3) is 0.350. The summed E-state index contributed by atoms with van der Waals surface area (Å²) in [5, 5.41) is 10.3. The van der Waals surface area contributed by atoms with Gasteiger partial charge in [0.1, 0.15) is 5.78 Å². The largest absolute Gasteiger partial charge is 0.392 e. The Morgan fingerprint density at radius 2 is 1.46 bits per heavy atom. The van der Waals surface area contributed by atoms with Crippen molar-refractivity contribution in [2.45, 2.75) is 32.0 Å². The molecule has 0 bridgehead atoms. The summed E-state index contributed by atoms with van der Waals surface area (Å²) in [6.45, 7) is 2.05. The molecule has 0 saturated carbocycles. The highest BCUT2D eigenvalue weighted by Gasteiger charge is 2.14. The summed E-state index contributed by atoms with van der Waals surface area (Å²) in [5.74, 6) is -0.00170. The van der Waals surface area contributed by atoms with E-state index in [1.165, 1.54) is 11.1 Å². The lowest BCUT2D eigenvalue weighted by Gasteiger charge is -2.25. The topological polar surface area (TPSA) is 40.5 Å². The molecule has 128 valence electrons. The van der Waals surface area contributed by atoms with E-state index in [0.717, 1.165) is 13.1 Å². The number of hydrogen-bond acceptors (Lipinski definition) is 3. The predicted octanol–water partition coefficient (Wildman–Crippen LogP) is 3.64. The van der Waals surface area contributed by atoms with E-state index in [1.54, 1.807) is 0 Å². The molecule has 1 N–H and O–H groups in total. The van der Waals surface area contributed by atoms with Crippen molar-refractivity contribution in [3.05, 3.63) is 71.8 Å². The second kappa shape index (κ2) is 10.2. The zero-order chi connectivity index (χ0) is 17.2. The molecule has 0 aliphatic rings. The smallest absolute Gasteiger partial charge is 0.147 e. The summed E-state index contributed by atoms with van der Waals surface area (Å²) >= 11 is 5.51. The number of Topliss-reactive ketones (excluding diaryl/α,β-unsaturated/α-hetero) is 1. The van der Waals surface area contributed by atoms with E-state index in [2.05, 4.69) is 29.2 Å². The van der Waals surface area contributed by atoms with E-state index in [0.29, 0.717) is 19.4 Å². The molecular weight excluding hydrogens is 322 g/mol. The lowest BCUT2D eigenvalue weighted by Crippen LogP contribution is -2.32. The van der Waals surface area contributed by atoms with E-state index in [1.807, 2.05) is 36.4 Å². The van der Waals surface area contributed by atoms with Crippen molar-refractivity contribution < 1.29 is 9.90 Å². The molecule has 2 aromatic rings. The van der Waals surface area contributed by atoms with Crippen molar-refractivity contribution >= 4 is 17.4 Å². The van der Waals surface area contributed by atoms with Gasteiger partial charge in [-0.15, -0.1) is 11.6 Å². The van der Waals surface area contributed by atoms with Gasteiger partial charge in [0.15, 0.2) is 0 Å². The highest BCUT2D eigenvalue weighted by Crippen LogP contribution is 2.12. The zero-order valence-corrected chi connectivity index (χ0v) is 14.5. The molecule has 4 heteroatoms. The molecular formula is C20H24ClNO2. The van der Waals surface area contributed by atoms with Crippen LogP contribution in [-0.4, -0.2) is 34.3 Å². The van der Waals surface area contributed by atoms with Gasteiger partial charge < -0.3 is 5.11 Å². The molecule has 1 unspecified atom stereocenters. The fourth-order valence-electron chi connectivity index (χ4n) is 2.65. The molecule has 0 aliphatic carbocycles. The van der Waals surface area contributed by atoms with Crippen LogP contribution in [-0.2, 0) is 17.9 Å². The van der Waals surface area contributed by atoms with E-state index in [4.69, 9.17) is 11.6 Å². The molecule has 0 aromatic heterocycles. The third-order valence-corrected chi connectivity index (χ3v) is 4.17. The van der Waals surface area contributed by atoms with Gasteiger partial charge in [0, 0.05) is 26.1 Å². The maximum Gasteiger partial charge on any atom is 0.147 e. The van der Waals surface area contributed by atoms with Crippen LogP contribution in [0.4, 0.5) is 0 Å². The first-order valence-electron chi connectivity index (χ1n) is 8.23. The normalized spacial score (nSPS) is 12.3. The molecule has 0 amide bonds. The van der Waals surface area contributed by atoms with Gasteiger partial charge >= 0.3 is 0 Å². The van der Waals surface area contributed by atoms with Gasteiger partial charge in [-0.05, 0) is 17.5 Å². The molecule has 0 radical (unpaired) electrons. The van der Waals surface area contributed by atoms with Gasteiger partial charge in [0.2, 0.25) is 0 Å². The van der Waals surface area contributed by atoms with Gasteiger partial charge in [-0.25, -0.2) is 0 Å². The SMILES string of the molecule is O=C(CCl)CCC(O)CN(Cc1ccccc1)Cc1ccccc1. The lowest BCUT2D eigenvalue weighted by molar-refractivity contribution is -0.117. The minimum Gasteiger partial charge on any atom is -0.392 e. The zero-order valence-electron chi connectivity index (χ0n) is 13.8. The van der Waals surface area contributed by atoms with Gasteiger partial charge in [-0.2, -0.15) is 0 Å². The summed E-state index contributed by atoms with van der Waals surface area (Å²) in [6.07, 6.45) is 0.241. The van der Waals surface area contributed by atoms with Crippen molar-refractivity contribution in [1.29, 1.82) is 0 Å². The Hall–Kier alpha value is -1.68. The Kier molecular flexibility index (Phi) is 7.96. The fourth-order valence-corrected chi connectivity index (χ4v) is 2.79. The number of hydrogen-bond donors (Lipinski definition) is 1. The van der Waals surface area contributed by atoms with Crippen LogP contribution in [0.25, 0.3) is 0 Å². The van der Waals surface area contributed by atoms with Crippen molar-refractivity contribution in [3.63, 3.8) is 0 Å². The predicted molar refractivity (Wildman–Crippen MR) is 98.0 cm³/mol. The summed E-state index contributed by atoms with van der Waals surface area (Å²) in [4.78, 5) is 13.5. The average molecular weight is 346 g/mol. The monoisotopic (exact) mass is 345 g/mol. The molecule has 1 atom stereocenters. The van der Waals surface area contributed by atoms with E-state index in [-0.39, 0.29) is 11.7 Å². The Morgan fingerprint density at radius 3 is 1.92 bits per heavy atom. The number of rotatable bonds is 10. The van der Waals surface area contributed by atoms with Crippen molar-refractivity contribution in [1.82, 2.24) is 4.90 Å². The first-order valence-corrected chi connectivity index (χ1v) is 8.76. The van der Waals surface area contributed by atoms with Crippen molar-refractivity contribution in [2.75, 3.05) is 12.4 Å². The maximum atomic E-state index is 11.3. The highest BCUT2D eigenvalue weighted by atomic mass is 35.5. The molecule has 0 spiro atoms. The summed E-state index contributed by atoms with van der Waals surface area (Å²) < 4.78 is 0. The van der Waals surface area contributed by atoms with Crippen LogP contribution < -0.4 is 0 Å². The van der Waals surface area contributed by atoms with Crippen molar-refractivity contribution in [3.8, 4) is 0 Å². The Bertz CT molecular complexity index is 562. The van der Waals surface area contributed by atoms with Crippen molar-refractivity contribution in [2.24, 2.45) is 0 Å². The molecule has 0 aliphatic heterocycles. The number of halogens is 1. The second-order valence-electron chi connectivity index (χ2n) is 6.01. The summed E-state index contributed by atoms with van der Waals surface area (Å²) in [6, 6.07) is 20.4. The molecule has 0 saturated heterocycles. The quantitative estimate of drug-likeness (QED) is 0.668. The van der Waals surface area contributed by atoms with Gasteiger partial charge in [-0.1, -0.05) is 60.7 Å². The molecule has 3 nitrogen and oxygen atoms in total. The summed E-state index contributed by atoms with van der Waals surface area (Å²) in [7, 11) is 0. The summed E-state index contributed by atoms with van der Waals surface area (Å²) in [5.41, 5.74) is 2.41. The second-order valence-corrected chi connectivity index (χ2v) is 6.27. The third kappa shape index (κ3) is 6.83. The van der Waals surface area contributed by atoms with E-state index in [9.17, 15) is 9.90 Å². The Labute approximate surface area is 148 Å². The van der Waals surface area contributed by atoms with Crippen LogP contribution in [0.15, 0.2) is 60.7 Å². The van der Waals surface area contributed by atoms with Crippen LogP contribution in [0.5, 0.6) is 0 Å². The maximum absolute atomic E-state index is 11.3. The number of carbonyl (C=O) groups excluding carboxylic acids is 1. The minimum absolute atomic E-state index is 0.0183. The van der Waals surface area contributed by atoms with E-state index >= 15 is 0 Å². The van der Waals surface area contributed by atoms with Crippen LogP contribution in [0.3, 0.4) is 0 Å².